The second kappa shape index (κ2) is 6.23. The number of hydrogen-bond donors (Lipinski definition) is 2. The van der Waals surface area contributed by atoms with Crippen molar-refractivity contribution in [3.8, 4) is 5.75 Å². The van der Waals surface area contributed by atoms with Crippen LogP contribution in [0.1, 0.15) is 13.3 Å². The number of hydrogen-bond acceptors (Lipinski definition) is 4. The van der Waals surface area contributed by atoms with Crippen LogP contribution in [0, 0.1) is 0 Å². The topological polar surface area (TPSA) is 58.7 Å². The molecule has 90 valence electrons. The fourth-order valence-electron chi connectivity index (χ4n) is 1.38. The van der Waals surface area contributed by atoms with E-state index in [-0.39, 0.29) is 6.61 Å². The summed E-state index contributed by atoms with van der Waals surface area (Å²) in [5.41, 5.74) is 7.45. The lowest BCUT2D eigenvalue weighted by molar-refractivity contribution is 0.303. The van der Waals surface area contributed by atoms with E-state index in [1.165, 1.54) is 0 Å². The van der Waals surface area contributed by atoms with Gasteiger partial charge in [-0.05, 0) is 18.6 Å². The third-order valence-corrected chi connectivity index (χ3v) is 2.34. The van der Waals surface area contributed by atoms with Gasteiger partial charge in [0.25, 0.3) is 0 Å². The molecular formula is C12H20N2O2. The summed E-state index contributed by atoms with van der Waals surface area (Å²) in [5.74, 6) is 0.712. The molecule has 0 bridgehead atoms. The van der Waals surface area contributed by atoms with E-state index < -0.39 is 0 Å². The highest BCUT2D eigenvalue weighted by atomic mass is 16.5. The monoisotopic (exact) mass is 224 g/mol. The van der Waals surface area contributed by atoms with Gasteiger partial charge in [-0.1, -0.05) is 6.92 Å². The number of ether oxygens (including phenoxy) is 1. The Labute approximate surface area is 96.6 Å². The van der Waals surface area contributed by atoms with E-state index in [1.807, 2.05) is 30.1 Å². The Morgan fingerprint density at radius 3 is 2.81 bits per heavy atom. The molecule has 0 atom stereocenters. The highest BCUT2D eigenvalue weighted by Crippen LogP contribution is 2.27. The molecule has 16 heavy (non-hydrogen) atoms. The molecule has 1 aromatic rings. The zero-order chi connectivity index (χ0) is 12.0. The Hall–Kier alpha value is -1.42. The van der Waals surface area contributed by atoms with E-state index in [4.69, 9.17) is 15.6 Å². The summed E-state index contributed by atoms with van der Waals surface area (Å²) in [6.45, 7) is 3.44. The van der Waals surface area contributed by atoms with E-state index in [0.717, 1.165) is 12.1 Å². The van der Waals surface area contributed by atoms with Crippen LogP contribution >= 0.6 is 0 Å². The molecule has 0 unspecified atom stereocenters. The lowest BCUT2D eigenvalue weighted by Crippen LogP contribution is -2.21. The fraction of sp³-hybridized carbons (Fsp3) is 0.500. The Morgan fingerprint density at radius 2 is 2.19 bits per heavy atom. The molecule has 0 saturated heterocycles. The molecule has 4 nitrogen and oxygen atoms in total. The molecule has 0 aromatic heterocycles. The molecule has 0 aliphatic rings. The summed E-state index contributed by atoms with van der Waals surface area (Å²) in [6.07, 6.45) is 0.955. The maximum Gasteiger partial charge on any atom is 0.144 e. The minimum atomic E-state index is 0.131. The number of aliphatic hydroxyl groups excluding tert-OH is 1. The molecule has 0 radical (unpaired) electrons. The van der Waals surface area contributed by atoms with Gasteiger partial charge in [0.2, 0.25) is 0 Å². The Kier molecular flexibility index (Phi) is 4.92. The van der Waals surface area contributed by atoms with Crippen molar-refractivity contribution < 1.29 is 9.84 Å². The zero-order valence-corrected chi connectivity index (χ0v) is 9.94. The molecule has 0 heterocycles. The molecule has 3 N–H and O–H groups in total. The SMILES string of the molecule is CCCOc1cc(N(C)CCO)ccc1N. The number of likely N-dealkylation sites (N-methyl/N-ethyl adjacent to an activating group) is 1. The third kappa shape index (κ3) is 3.31. The van der Waals surface area contributed by atoms with Gasteiger partial charge in [0, 0.05) is 25.3 Å². The Balaban J connectivity index is 2.80. The van der Waals surface area contributed by atoms with E-state index in [9.17, 15) is 0 Å². The predicted molar refractivity (Wildman–Crippen MR) is 67.0 cm³/mol. The number of nitrogens with two attached hydrogens (primary N) is 1. The summed E-state index contributed by atoms with van der Waals surface area (Å²) in [4.78, 5) is 1.96. The smallest absolute Gasteiger partial charge is 0.144 e. The normalized spacial score (nSPS) is 10.2. The quantitative estimate of drug-likeness (QED) is 0.719. The van der Waals surface area contributed by atoms with E-state index >= 15 is 0 Å². The van der Waals surface area contributed by atoms with Gasteiger partial charge < -0.3 is 20.5 Å². The van der Waals surface area contributed by atoms with Crippen LogP contribution in [0.15, 0.2) is 18.2 Å². The van der Waals surface area contributed by atoms with Crippen LogP contribution in [-0.4, -0.2) is 31.9 Å². The Morgan fingerprint density at radius 1 is 1.44 bits per heavy atom. The molecule has 0 aliphatic heterocycles. The second-order valence-corrected chi connectivity index (χ2v) is 3.72. The summed E-state index contributed by atoms with van der Waals surface area (Å²) >= 11 is 0. The highest BCUT2D eigenvalue weighted by Gasteiger charge is 2.05. The predicted octanol–water partition coefficient (Wildman–Crippen LogP) is 1.49. The molecule has 1 aromatic carbocycles. The van der Waals surface area contributed by atoms with E-state index in [2.05, 4.69) is 6.92 Å². The van der Waals surface area contributed by atoms with Crippen LogP contribution in [-0.2, 0) is 0 Å². The first kappa shape index (κ1) is 12.6. The van der Waals surface area contributed by atoms with Crippen molar-refractivity contribution in [3.63, 3.8) is 0 Å². The maximum absolute atomic E-state index is 8.87. The minimum absolute atomic E-state index is 0.131. The van der Waals surface area contributed by atoms with Crippen molar-refractivity contribution >= 4 is 11.4 Å². The van der Waals surface area contributed by atoms with Crippen LogP contribution in [0.4, 0.5) is 11.4 Å². The van der Waals surface area contributed by atoms with Crippen molar-refractivity contribution in [2.24, 2.45) is 0 Å². The first-order valence-electron chi connectivity index (χ1n) is 5.53. The van der Waals surface area contributed by atoms with Crippen molar-refractivity contribution in [1.29, 1.82) is 0 Å². The molecular weight excluding hydrogens is 204 g/mol. The zero-order valence-electron chi connectivity index (χ0n) is 9.94. The van der Waals surface area contributed by atoms with Gasteiger partial charge in [-0.3, -0.25) is 0 Å². The lowest BCUT2D eigenvalue weighted by Gasteiger charge is -2.19. The van der Waals surface area contributed by atoms with Gasteiger partial charge in [0.05, 0.1) is 18.9 Å². The van der Waals surface area contributed by atoms with Crippen LogP contribution in [0.5, 0.6) is 5.75 Å². The fourth-order valence-corrected chi connectivity index (χ4v) is 1.38. The van der Waals surface area contributed by atoms with Gasteiger partial charge >= 0.3 is 0 Å². The van der Waals surface area contributed by atoms with Gasteiger partial charge in [0.15, 0.2) is 0 Å². The van der Waals surface area contributed by atoms with E-state index in [1.54, 1.807) is 0 Å². The molecule has 0 saturated carbocycles. The van der Waals surface area contributed by atoms with Gasteiger partial charge in [-0.15, -0.1) is 0 Å². The van der Waals surface area contributed by atoms with Crippen molar-refractivity contribution in [2.45, 2.75) is 13.3 Å². The number of nitrogen functional groups attached to an aromatic ring is 1. The average molecular weight is 224 g/mol. The summed E-state index contributed by atoms with van der Waals surface area (Å²) in [6, 6.07) is 5.65. The van der Waals surface area contributed by atoms with E-state index in [0.29, 0.717) is 24.6 Å². The number of anilines is 2. The van der Waals surface area contributed by atoms with Crippen molar-refractivity contribution in [2.75, 3.05) is 37.4 Å². The highest BCUT2D eigenvalue weighted by molar-refractivity contribution is 5.62. The molecule has 0 aliphatic carbocycles. The first-order chi connectivity index (χ1) is 7.69. The third-order valence-electron chi connectivity index (χ3n) is 2.34. The second-order valence-electron chi connectivity index (χ2n) is 3.72. The molecule has 1 rings (SSSR count). The largest absolute Gasteiger partial charge is 0.491 e. The first-order valence-corrected chi connectivity index (χ1v) is 5.53. The van der Waals surface area contributed by atoms with Gasteiger partial charge in [0.1, 0.15) is 5.75 Å². The molecule has 0 fully saturated rings. The van der Waals surface area contributed by atoms with Crippen molar-refractivity contribution in [1.82, 2.24) is 0 Å². The summed E-state index contributed by atoms with van der Waals surface area (Å²) in [7, 11) is 1.92. The molecule has 0 amide bonds. The number of benzene rings is 1. The molecule has 0 spiro atoms. The lowest BCUT2D eigenvalue weighted by atomic mass is 10.2. The number of nitrogens with zero attached hydrogens (tertiary/aromatic N) is 1. The number of rotatable bonds is 6. The molecule has 4 heteroatoms. The van der Waals surface area contributed by atoms with Crippen LogP contribution in [0.2, 0.25) is 0 Å². The maximum atomic E-state index is 8.87. The van der Waals surface area contributed by atoms with Gasteiger partial charge in [-0.2, -0.15) is 0 Å². The van der Waals surface area contributed by atoms with Crippen LogP contribution in [0.25, 0.3) is 0 Å². The Bertz CT molecular complexity index is 329. The summed E-state index contributed by atoms with van der Waals surface area (Å²) in [5, 5.41) is 8.87. The summed E-state index contributed by atoms with van der Waals surface area (Å²) < 4.78 is 5.54. The number of aliphatic hydroxyl groups is 1. The van der Waals surface area contributed by atoms with Crippen LogP contribution in [0.3, 0.4) is 0 Å². The minimum Gasteiger partial charge on any atom is -0.491 e. The average Bonchev–Trinajstić information content (AvgIpc) is 2.28. The van der Waals surface area contributed by atoms with Gasteiger partial charge in [-0.25, -0.2) is 0 Å². The van der Waals surface area contributed by atoms with Crippen molar-refractivity contribution in [3.05, 3.63) is 18.2 Å². The van der Waals surface area contributed by atoms with Crippen LogP contribution < -0.4 is 15.4 Å². The standard InChI is InChI=1S/C12H20N2O2/c1-3-8-16-12-9-10(4-5-11(12)13)14(2)6-7-15/h4-5,9,15H,3,6-8,13H2,1-2H3.